The highest BCUT2D eigenvalue weighted by Gasteiger charge is 2.30. The van der Waals surface area contributed by atoms with Crippen molar-refractivity contribution < 1.29 is 23.1 Å². The summed E-state index contributed by atoms with van der Waals surface area (Å²) in [6, 6.07) is 13.8. The first-order valence-electron chi connectivity index (χ1n) is 7.30. The number of amides is 2. The molecule has 2 amide bonds. The van der Waals surface area contributed by atoms with Gasteiger partial charge in [0.15, 0.2) is 0 Å². The molecule has 3 rings (SSSR count). The second-order valence-electron chi connectivity index (χ2n) is 5.37. The normalized spacial score (nSPS) is 11.3. The standard InChI is InChI=1S/C18H13F3N2O2/c19-18(20,21)13-6-3-7-14(10-13)22-17(25)23-15-8-11-4-1-2-5-12(11)9-16(15)24/h1-10,24H,(H2,22,23,25). The summed E-state index contributed by atoms with van der Waals surface area (Å²) in [6.07, 6.45) is -4.50. The molecule has 0 spiro atoms. The van der Waals surface area contributed by atoms with E-state index >= 15 is 0 Å². The van der Waals surface area contributed by atoms with Crippen LogP contribution in [-0.2, 0) is 6.18 Å². The van der Waals surface area contributed by atoms with E-state index in [0.717, 1.165) is 22.9 Å². The number of urea groups is 1. The predicted molar refractivity (Wildman–Crippen MR) is 89.7 cm³/mol. The van der Waals surface area contributed by atoms with Gasteiger partial charge in [-0.3, -0.25) is 0 Å². The second kappa shape index (κ2) is 6.35. The number of rotatable bonds is 2. The minimum absolute atomic E-state index is 0.00685. The van der Waals surface area contributed by atoms with Gasteiger partial charge in [0.25, 0.3) is 0 Å². The fourth-order valence-corrected chi connectivity index (χ4v) is 2.39. The fourth-order valence-electron chi connectivity index (χ4n) is 2.39. The van der Waals surface area contributed by atoms with Crippen LogP contribution in [0.3, 0.4) is 0 Å². The number of carbonyl (C=O) groups is 1. The van der Waals surface area contributed by atoms with E-state index in [9.17, 15) is 23.1 Å². The Kier molecular flexibility index (Phi) is 4.22. The van der Waals surface area contributed by atoms with Crippen LogP contribution in [0.4, 0.5) is 29.3 Å². The minimum atomic E-state index is -4.50. The molecule has 0 aromatic heterocycles. The monoisotopic (exact) mass is 346 g/mol. The van der Waals surface area contributed by atoms with E-state index in [1.54, 1.807) is 6.07 Å². The van der Waals surface area contributed by atoms with Gasteiger partial charge in [0.2, 0.25) is 0 Å². The minimum Gasteiger partial charge on any atom is -0.506 e. The van der Waals surface area contributed by atoms with Gasteiger partial charge in [-0.2, -0.15) is 13.2 Å². The fraction of sp³-hybridized carbons (Fsp3) is 0.0556. The van der Waals surface area contributed by atoms with Crippen LogP contribution in [0, 0.1) is 0 Å². The van der Waals surface area contributed by atoms with Gasteiger partial charge in [0.1, 0.15) is 5.75 Å². The number of halogens is 3. The van der Waals surface area contributed by atoms with Crippen LogP contribution < -0.4 is 10.6 Å². The van der Waals surface area contributed by atoms with E-state index in [1.807, 2.05) is 24.3 Å². The molecule has 0 aliphatic heterocycles. The molecule has 0 aliphatic rings. The van der Waals surface area contributed by atoms with Crippen molar-refractivity contribution in [2.75, 3.05) is 10.6 Å². The first kappa shape index (κ1) is 16.6. The van der Waals surface area contributed by atoms with Gasteiger partial charge in [-0.1, -0.05) is 30.3 Å². The molecule has 0 aliphatic carbocycles. The van der Waals surface area contributed by atoms with Crippen molar-refractivity contribution in [1.29, 1.82) is 0 Å². The Morgan fingerprint density at radius 3 is 2.24 bits per heavy atom. The molecule has 0 atom stereocenters. The van der Waals surface area contributed by atoms with Crippen LogP contribution in [0.15, 0.2) is 60.7 Å². The molecule has 4 nitrogen and oxygen atoms in total. The molecular weight excluding hydrogens is 333 g/mol. The van der Waals surface area contributed by atoms with Crippen molar-refractivity contribution in [2.24, 2.45) is 0 Å². The molecule has 3 aromatic carbocycles. The third-order valence-corrected chi connectivity index (χ3v) is 3.56. The lowest BCUT2D eigenvalue weighted by Crippen LogP contribution is -2.19. The van der Waals surface area contributed by atoms with Gasteiger partial charge >= 0.3 is 12.2 Å². The molecule has 128 valence electrons. The maximum absolute atomic E-state index is 12.7. The maximum atomic E-state index is 12.7. The summed E-state index contributed by atoms with van der Waals surface area (Å²) in [4.78, 5) is 12.0. The van der Waals surface area contributed by atoms with E-state index in [2.05, 4.69) is 10.6 Å². The Morgan fingerprint density at radius 2 is 1.56 bits per heavy atom. The molecular formula is C18H13F3N2O2. The molecule has 0 saturated heterocycles. The van der Waals surface area contributed by atoms with Crippen molar-refractivity contribution in [3.8, 4) is 5.75 Å². The van der Waals surface area contributed by atoms with Crippen molar-refractivity contribution in [3.05, 3.63) is 66.2 Å². The molecule has 0 bridgehead atoms. The van der Waals surface area contributed by atoms with Crippen LogP contribution in [0.5, 0.6) is 5.75 Å². The first-order chi connectivity index (χ1) is 11.8. The number of carbonyl (C=O) groups excluding carboxylic acids is 1. The van der Waals surface area contributed by atoms with Crippen LogP contribution in [0.1, 0.15) is 5.56 Å². The predicted octanol–water partition coefficient (Wildman–Crippen LogP) is 5.21. The first-order valence-corrected chi connectivity index (χ1v) is 7.30. The third kappa shape index (κ3) is 3.82. The van der Waals surface area contributed by atoms with Gasteiger partial charge in [0.05, 0.1) is 11.3 Å². The lowest BCUT2D eigenvalue weighted by atomic mass is 10.1. The Hall–Kier alpha value is -3.22. The van der Waals surface area contributed by atoms with Crippen LogP contribution in [-0.4, -0.2) is 11.1 Å². The largest absolute Gasteiger partial charge is 0.506 e. The molecule has 25 heavy (non-hydrogen) atoms. The Balaban J connectivity index is 1.78. The van der Waals surface area contributed by atoms with Crippen molar-refractivity contribution >= 4 is 28.2 Å². The summed E-state index contributed by atoms with van der Waals surface area (Å²) < 4.78 is 38.1. The zero-order valence-electron chi connectivity index (χ0n) is 12.8. The Labute approximate surface area is 140 Å². The Morgan fingerprint density at radius 1 is 0.880 bits per heavy atom. The zero-order valence-corrected chi connectivity index (χ0v) is 12.8. The summed E-state index contributed by atoms with van der Waals surface area (Å²) in [6.45, 7) is 0. The maximum Gasteiger partial charge on any atom is 0.416 e. The average Bonchev–Trinajstić information content (AvgIpc) is 2.55. The number of hydrogen-bond donors (Lipinski definition) is 3. The van der Waals surface area contributed by atoms with E-state index in [4.69, 9.17) is 0 Å². The van der Waals surface area contributed by atoms with Crippen LogP contribution >= 0.6 is 0 Å². The smallest absolute Gasteiger partial charge is 0.416 e. The highest BCUT2D eigenvalue weighted by atomic mass is 19.4. The number of aromatic hydroxyl groups is 1. The number of hydrogen-bond acceptors (Lipinski definition) is 2. The second-order valence-corrected chi connectivity index (χ2v) is 5.37. The molecule has 0 saturated carbocycles. The number of alkyl halides is 3. The quantitative estimate of drug-likeness (QED) is 0.558. The number of benzene rings is 3. The number of phenols is 1. The SMILES string of the molecule is O=C(Nc1cccc(C(F)(F)F)c1)Nc1cc2ccccc2cc1O. The number of phenolic OH excluding ortho intramolecular Hbond substituents is 1. The summed E-state index contributed by atoms with van der Waals surface area (Å²) >= 11 is 0. The highest BCUT2D eigenvalue weighted by molar-refractivity contribution is 6.02. The van der Waals surface area contributed by atoms with Gasteiger partial charge < -0.3 is 15.7 Å². The summed E-state index contributed by atoms with van der Waals surface area (Å²) in [7, 11) is 0. The number of anilines is 2. The van der Waals surface area contributed by atoms with Gasteiger partial charge in [-0.15, -0.1) is 0 Å². The van der Waals surface area contributed by atoms with E-state index in [-0.39, 0.29) is 17.1 Å². The van der Waals surface area contributed by atoms with Gasteiger partial charge in [-0.05, 0) is 41.1 Å². The highest BCUT2D eigenvalue weighted by Crippen LogP contribution is 2.31. The molecule has 7 heteroatoms. The van der Waals surface area contributed by atoms with Crippen molar-refractivity contribution in [1.82, 2.24) is 0 Å². The van der Waals surface area contributed by atoms with E-state index in [1.165, 1.54) is 18.2 Å². The summed E-state index contributed by atoms with van der Waals surface area (Å²) in [5.41, 5.74) is -0.713. The van der Waals surface area contributed by atoms with Crippen molar-refractivity contribution in [2.45, 2.75) is 6.18 Å². The molecule has 0 fully saturated rings. The topological polar surface area (TPSA) is 61.4 Å². The lowest BCUT2D eigenvalue weighted by Gasteiger charge is -2.12. The zero-order chi connectivity index (χ0) is 18.0. The molecule has 0 unspecified atom stereocenters. The average molecular weight is 346 g/mol. The van der Waals surface area contributed by atoms with Crippen LogP contribution in [0.2, 0.25) is 0 Å². The summed E-state index contributed by atoms with van der Waals surface area (Å²) in [5.74, 6) is -0.141. The molecule has 3 N–H and O–H groups in total. The van der Waals surface area contributed by atoms with E-state index < -0.39 is 17.8 Å². The Bertz CT molecular complexity index is 939. The number of nitrogens with one attached hydrogen (secondary N) is 2. The molecule has 3 aromatic rings. The third-order valence-electron chi connectivity index (χ3n) is 3.56. The molecule has 0 radical (unpaired) electrons. The summed E-state index contributed by atoms with van der Waals surface area (Å²) in [5, 5.41) is 16.3. The van der Waals surface area contributed by atoms with Gasteiger partial charge in [0, 0.05) is 5.69 Å². The lowest BCUT2D eigenvalue weighted by molar-refractivity contribution is -0.137. The number of fused-ring (bicyclic) bond motifs is 1. The van der Waals surface area contributed by atoms with E-state index in [0.29, 0.717) is 0 Å². The van der Waals surface area contributed by atoms with Crippen LogP contribution in [0.25, 0.3) is 10.8 Å². The van der Waals surface area contributed by atoms with Gasteiger partial charge in [-0.25, -0.2) is 4.79 Å². The molecule has 0 heterocycles. The van der Waals surface area contributed by atoms with Crippen molar-refractivity contribution in [3.63, 3.8) is 0 Å².